The van der Waals surface area contributed by atoms with Crippen LogP contribution in [0.3, 0.4) is 0 Å². The first-order valence-electron chi connectivity index (χ1n) is 4.87. The summed E-state index contributed by atoms with van der Waals surface area (Å²) in [5.41, 5.74) is 0. The van der Waals surface area contributed by atoms with Gasteiger partial charge in [-0.15, -0.1) is 0 Å². The van der Waals surface area contributed by atoms with Gasteiger partial charge in [-0.25, -0.2) is 0 Å². The molecular weight excluding hydrogens is 136 g/mol. The molecule has 0 atom stereocenters. The predicted molar refractivity (Wildman–Crippen MR) is 48.8 cm³/mol. The minimum atomic E-state index is 0.864. The number of hydrogen-bond acceptors (Lipinski definition) is 2. The zero-order chi connectivity index (χ0) is 7.94. The van der Waals surface area contributed by atoms with E-state index in [-0.39, 0.29) is 0 Å². The van der Waals surface area contributed by atoms with Crippen LogP contribution in [0.2, 0.25) is 0 Å². The maximum atomic E-state index is 3.47. The summed E-state index contributed by atoms with van der Waals surface area (Å²) in [6.07, 6.45) is 5.40. The summed E-state index contributed by atoms with van der Waals surface area (Å²) in [6, 6.07) is 0.864. The van der Waals surface area contributed by atoms with Crippen molar-refractivity contribution >= 4 is 0 Å². The van der Waals surface area contributed by atoms with Gasteiger partial charge in [-0.05, 0) is 25.8 Å². The Kier molecular flexibility index (Phi) is 4.55. The van der Waals surface area contributed by atoms with Gasteiger partial charge in [0.1, 0.15) is 0 Å². The minimum Gasteiger partial charge on any atom is -0.315 e. The van der Waals surface area contributed by atoms with Crippen molar-refractivity contribution < 1.29 is 0 Å². The fourth-order valence-corrected chi connectivity index (χ4v) is 1.08. The van der Waals surface area contributed by atoms with E-state index in [1.54, 1.807) is 0 Å². The highest BCUT2D eigenvalue weighted by Crippen LogP contribution is 2.17. The molecule has 1 saturated carbocycles. The quantitative estimate of drug-likeness (QED) is 0.540. The van der Waals surface area contributed by atoms with Crippen molar-refractivity contribution in [2.24, 2.45) is 0 Å². The van der Waals surface area contributed by atoms with Gasteiger partial charge < -0.3 is 10.6 Å². The van der Waals surface area contributed by atoms with Crippen molar-refractivity contribution in [2.45, 2.75) is 38.6 Å². The molecule has 0 aliphatic heterocycles. The number of nitrogens with one attached hydrogen (secondary N) is 2. The van der Waals surface area contributed by atoms with Crippen molar-refractivity contribution in [1.29, 1.82) is 0 Å². The first kappa shape index (κ1) is 9.01. The van der Waals surface area contributed by atoms with Crippen molar-refractivity contribution in [1.82, 2.24) is 10.6 Å². The predicted octanol–water partition coefficient (Wildman–Crippen LogP) is 1.13. The molecule has 0 heterocycles. The van der Waals surface area contributed by atoms with Crippen LogP contribution in [0.1, 0.15) is 32.6 Å². The van der Waals surface area contributed by atoms with E-state index in [2.05, 4.69) is 17.6 Å². The molecule has 0 aromatic rings. The fraction of sp³-hybridized carbons (Fsp3) is 1.00. The van der Waals surface area contributed by atoms with Crippen molar-refractivity contribution in [3.8, 4) is 0 Å². The SMILES string of the molecule is CCCCNCCNC1CC1. The van der Waals surface area contributed by atoms with Crippen LogP contribution in [-0.2, 0) is 0 Å². The minimum absolute atomic E-state index is 0.864. The van der Waals surface area contributed by atoms with Crippen LogP contribution in [0.4, 0.5) is 0 Å². The summed E-state index contributed by atoms with van der Waals surface area (Å²) in [7, 11) is 0. The Bertz CT molecular complexity index is 89.6. The van der Waals surface area contributed by atoms with E-state index < -0.39 is 0 Å². The summed E-state index contributed by atoms with van der Waals surface area (Å²) in [5.74, 6) is 0. The molecule has 0 radical (unpaired) electrons. The van der Waals surface area contributed by atoms with Gasteiger partial charge in [-0.3, -0.25) is 0 Å². The Labute approximate surface area is 69.8 Å². The second-order valence-electron chi connectivity index (χ2n) is 3.33. The molecule has 1 aliphatic carbocycles. The lowest BCUT2D eigenvalue weighted by atomic mass is 10.3. The average molecular weight is 156 g/mol. The second kappa shape index (κ2) is 5.56. The Morgan fingerprint density at radius 3 is 2.64 bits per heavy atom. The third-order valence-electron chi connectivity index (χ3n) is 2.02. The topological polar surface area (TPSA) is 24.1 Å². The lowest BCUT2D eigenvalue weighted by molar-refractivity contribution is 0.591. The monoisotopic (exact) mass is 156 g/mol. The van der Waals surface area contributed by atoms with E-state index in [4.69, 9.17) is 0 Å². The molecule has 0 amide bonds. The van der Waals surface area contributed by atoms with Gasteiger partial charge >= 0.3 is 0 Å². The molecule has 2 nitrogen and oxygen atoms in total. The number of rotatable bonds is 7. The van der Waals surface area contributed by atoms with Gasteiger partial charge in [-0.2, -0.15) is 0 Å². The van der Waals surface area contributed by atoms with Crippen molar-refractivity contribution in [2.75, 3.05) is 19.6 Å². The van der Waals surface area contributed by atoms with E-state index in [1.807, 2.05) is 0 Å². The molecule has 0 bridgehead atoms. The van der Waals surface area contributed by atoms with Gasteiger partial charge in [0.15, 0.2) is 0 Å². The van der Waals surface area contributed by atoms with Crippen molar-refractivity contribution in [3.05, 3.63) is 0 Å². The molecule has 0 spiro atoms. The van der Waals surface area contributed by atoms with E-state index in [0.29, 0.717) is 0 Å². The van der Waals surface area contributed by atoms with Crippen LogP contribution in [0.15, 0.2) is 0 Å². The highest BCUT2D eigenvalue weighted by molar-refractivity contribution is 4.80. The zero-order valence-electron chi connectivity index (χ0n) is 7.53. The molecule has 0 aromatic carbocycles. The molecule has 1 aliphatic rings. The lowest BCUT2D eigenvalue weighted by Gasteiger charge is -2.03. The Hall–Kier alpha value is -0.0800. The summed E-state index contributed by atoms with van der Waals surface area (Å²) in [4.78, 5) is 0. The fourth-order valence-electron chi connectivity index (χ4n) is 1.08. The summed E-state index contributed by atoms with van der Waals surface area (Å²) >= 11 is 0. The van der Waals surface area contributed by atoms with Crippen LogP contribution in [0.5, 0.6) is 0 Å². The Morgan fingerprint density at radius 1 is 1.18 bits per heavy atom. The molecule has 1 rings (SSSR count). The van der Waals surface area contributed by atoms with E-state index in [9.17, 15) is 0 Å². The molecule has 11 heavy (non-hydrogen) atoms. The molecule has 1 fully saturated rings. The summed E-state index contributed by atoms with van der Waals surface area (Å²) in [5, 5.41) is 6.88. The molecule has 0 unspecified atom stereocenters. The van der Waals surface area contributed by atoms with E-state index in [0.717, 1.165) is 19.1 Å². The van der Waals surface area contributed by atoms with Gasteiger partial charge in [0.25, 0.3) is 0 Å². The van der Waals surface area contributed by atoms with E-state index >= 15 is 0 Å². The molecule has 0 saturated heterocycles. The number of hydrogen-bond donors (Lipinski definition) is 2. The number of unbranched alkanes of at least 4 members (excludes halogenated alkanes) is 1. The third-order valence-corrected chi connectivity index (χ3v) is 2.02. The van der Waals surface area contributed by atoms with Gasteiger partial charge in [0.05, 0.1) is 0 Å². The third kappa shape index (κ3) is 5.22. The van der Waals surface area contributed by atoms with Crippen LogP contribution in [-0.4, -0.2) is 25.7 Å². The zero-order valence-corrected chi connectivity index (χ0v) is 7.53. The van der Waals surface area contributed by atoms with Crippen LogP contribution >= 0.6 is 0 Å². The van der Waals surface area contributed by atoms with Gasteiger partial charge in [-0.1, -0.05) is 13.3 Å². The Morgan fingerprint density at radius 2 is 2.00 bits per heavy atom. The van der Waals surface area contributed by atoms with E-state index in [1.165, 1.54) is 32.2 Å². The first-order valence-corrected chi connectivity index (χ1v) is 4.87. The maximum absolute atomic E-state index is 3.47. The molecule has 66 valence electrons. The second-order valence-corrected chi connectivity index (χ2v) is 3.33. The normalized spacial score (nSPS) is 17.2. The molecule has 0 aromatic heterocycles. The van der Waals surface area contributed by atoms with Gasteiger partial charge in [0, 0.05) is 19.1 Å². The molecular formula is C9H20N2. The molecule has 2 heteroatoms. The smallest absolute Gasteiger partial charge is 0.00793 e. The summed E-state index contributed by atoms with van der Waals surface area (Å²) < 4.78 is 0. The highest BCUT2D eigenvalue weighted by atomic mass is 15.0. The largest absolute Gasteiger partial charge is 0.315 e. The Balaban J connectivity index is 1.66. The van der Waals surface area contributed by atoms with Crippen LogP contribution in [0, 0.1) is 0 Å². The highest BCUT2D eigenvalue weighted by Gasteiger charge is 2.19. The molecule has 2 N–H and O–H groups in total. The van der Waals surface area contributed by atoms with Gasteiger partial charge in [0.2, 0.25) is 0 Å². The van der Waals surface area contributed by atoms with Crippen LogP contribution in [0.25, 0.3) is 0 Å². The van der Waals surface area contributed by atoms with Crippen LogP contribution < -0.4 is 10.6 Å². The lowest BCUT2D eigenvalue weighted by Crippen LogP contribution is -2.29. The van der Waals surface area contributed by atoms with Crippen molar-refractivity contribution in [3.63, 3.8) is 0 Å². The maximum Gasteiger partial charge on any atom is 0.00793 e. The standard InChI is InChI=1S/C9H20N2/c1-2-3-6-10-7-8-11-9-4-5-9/h9-11H,2-8H2,1H3. The first-order chi connectivity index (χ1) is 5.43. The average Bonchev–Trinajstić information content (AvgIpc) is 2.80. The summed E-state index contributed by atoms with van der Waals surface area (Å²) in [6.45, 7) is 5.69.